The number of hydrogen-bond donors (Lipinski definition) is 0. The van der Waals surface area contributed by atoms with Crippen molar-refractivity contribution < 1.29 is 4.79 Å². The molecule has 5 nitrogen and oxygen atoms in total. The molecule has 3 rings (SSSR count). The molecule has 5 heteroatoms. The van der Waals surface area contributed by atoms with E-state index < -0.39 is 0 Å². The van der Waals surface area contributed by atoms with E-state index in [1.54, 1.807) is 19.0 Å². The van der Waals surface area contributed by atoms with Gasteiger partial charge in [-0.1, -0.05) is 47.4 Å². The Bertz CT molecular complexity index is 902. The van der Waals surface area contributed by atoms with Crippen molar-refractivity contribution in [3.8, 4) is 11.8 Å². The van der Waals surface area contributed by atoms with Crippen molar-refractivity contribution >= 4 is 11.6 Å². The summed E-state index contributed by atoms with van der Waals surface area (Å²) in [7, 11) is 3.53. The third-order valence-corrected chi connectivity index (χ3v) is 4.71. The minimum atomic E-state index is 0.0602. The van der Waals surface area contributed by atoms with Crippen molar-refractivity contribution in [2.45, 2.75) is 25.7 Å². The van der Waals surface area contributed by atoms with Gasteiger partial charge in [0, 0.05) is 32.7 Å². The predicted octanol–water partition coefficient (Wildman–Crippen LogP) is 4.20. The highest BCUT2D eigenvalue weighted by atomic mass is 16.2. The molecule has 0 radical (unpaired) electrons. The van der Waals surface area contributed by atoms with Crippen molar-refractivity contribution in [1.29, 1.82) is 0 Å². The lowest BCUT2D eigenvalue weighted by Crippen LogP contribution is -2.23. The zero-order chi connectivity index (χ0) is 19.8. The van der Waals surface area contributed by atoms with Crippen LogP contribution in [0.3, 0.4) is 0 Å². The number of piperidine rings is 1. The van der Waals surface area contributed by atoms with Crippen LogP contribution in [0.1, 0.15) is 36.0 Å². The zero-order valence-corrected chi connectivity index (χ0v) is 16.6. The summed E-state index contributed by atoms with van der Waals surface area (Å²) in [5.74, 6) is 6.49. The fraction of sp³-hybridized carbons (Fsp3) is 0.348. The van der Waals surface area contributed by atoms with E-state index in [0.29, 0.717) is 6.42 Å². The SMILES string of the molecule is CN(C)C(=O)Cc1ccccc1C#Cc1ccccc1N=NN1CCCCC1. The number of hydrogen-bond acceptors (Lipinski definition) is 3. The van der Waals surface area contributed by atoms with Crippen molar-refractivity contribution in [1.82, 2.24) is 9.91 Å². The van der Waals surface area contributed by atoms with Gasteiger partial charge >= 0.3 is 0 Å². The summed E-state index contributed by atoms with van der Waals surface area (Å²) in [6, 6.07) is 15.5. The Labute approximate surface area is 167 Å². The van der Waals surface area contributed by atoms with Gasteiger partial charge in [-0.3, -0.25) is 9.80 Å². The lowest BCUT2D eigenvalue weighted by molar-refractivity contribution is -0.127. The standard InChI is InChI=1S/C23H26N4O/c1-26(2)23(28)18-21-12-5-4-10-19(21)14-15-20-11-6-7-13-22(20)24-25-27-16-8-3-9-17-27/h4-7,10-13H,3,8-9,16-18H2,1-2H3. The molecule has 28 heavy (non-hydrogen) atoms. The van der Waals surface area contributed by atoms with Gasteiger partial charge in [0.2, 0.25) is 5.91 Å². The van der Waals surface area contributed by atoms with Gasteiger partial charge in [0.1, 0.15) is 5.69 Å². The minimum absolute atomic E-state index is 0.0602. The molecule has 0 spiro atoms. The van der Waals surface area contributed by atoms with Crippen LogP contribution in [0.4, 0.5) is 5.69 Å². The molecule has 1 aliphatic heterocycles. The van der Waals surface area contributed by atoms with Gasteiger partial charge in [-0.05, 0) is 43.0 Å². The number of amides is 1. The van der Waals surface area contributed by atoms with Crippen LogP contribution < -0.4 is 0 Å². The van der Waals surface area contributed by atoms with Crippen molar-refractivity contribution in [3.63, 3.8) is 0 Å². The Kier molecular flexibility index (Phi) is 6.80. The number of carbonyl (C=O) groups excluding carboxylic acids is 1. The average Bonchev–Trinajstić information content (AvgIpc) is 2.73. The summed E-state index contributed by atoms with van der Waals surface area (Å²) >= 11 is 0. The number of carbonyl (C=O) groups is 1. The van der Waals surface area contributed by atoms with Gasteiger partial charge in [0.05, 0.1) is 12.0 Å². The van der Waals surface area contributed by atoms with Crippen molar-refractivity contribution in [3.05, 3.63) is 65.2 Å². The molecule has 0 saturated carbocycles. The van der Waals surface area contributed by atoms with E-state index >= 15 is 0 Å². The predicted molar refractivity (Wildman–Crippen MR) is 111 cm³/mol. The average molecular weight is 374 g/mol. The van der Waals surface area contributed by atoms with E-state index in [2.05, 4.69) is 22.2 Å². The lowest BCUT2D eigenvalue weighted by atomic mass is 10.0. The molecule has 2 aromatic carbocycles. The molecule has 0 aliphatic carbocycles. The quantitative estimate of drug-likeness (QED) is 0.595. The fourth-order valence-electron chi connectivity index (χ4n) is 3.00. The Morgan fingerprint density at radius 2 is 1.61 bits per heavy atom. The van der Waals surface area contributed by atoms with Crippen molar-refractivity contribution in [2.75, 3.05) is 27.2 Å². The third kappa shape index (κ3) is 5.43. The summed E-state index contributed by atoms with van der Waals surface area (Å²) in [4.78, 5) is 13.7. The molecular weight excluding hydrogens is 348 g/mol. The fourth-order valence-corrected chi connectivity index (χ4v) is 3.00. The number of nitrogens with zero attached hydrogens (tertiary/aromatic N) is 4. The maximum absolute atomic E-state index is 12.1. The zero-order valence-electron chi connectivity index (χ0n) is 16.6. The third-order valence-electron chi connectivity index (χ3n) is 4.71. The second kappa shape index (κ2) is 9.70. The topological polar surface area (TPSA) is 48.3 Å². The summed E-state index contributed by atoms with van der Waals surface area (Å²) in [6.45, 7) is 1.93. The first kappa shape index (κ1) is 19.6. The van der Waals surface area contributed by atoms with Gasteiger partial charge in [-0.15, -0.1) is 5.11 Å². The molecular formula is C23H26N4O. The van der Waals surface area contributed by atoms with Crippen LogP contribution >= 0.6 is 0 Å². The first-order valence-corrected chi connectivity index (χ1v) is 9.69. The summed E-state index contributed by atoms with van der Waals surface area (Å²) in [5.41, 5.74) is 3.39. The van der Waals surface area contributed by atoms with E-state index in [1.165, 1.54) is 19.3 Å². The first-order valence-electron chi connectivity index (χ1n) is 9.69. The van der Waals surface area contributed by atoms with E-state index in [0.717, 1.165) is 35.5 Å². The van der Waals surface area contributed by atoms with Gasteiger partial charge in [-0.25, -0.2) is 0 Å². The van der Waals surface area contributed by atoms with Gasteiger partial charge < -0.3 is 4.90 Å². The van der Waals surface area contributed by atoms with Crippen LogP contribution in [0, 0.1) is 11.8 Å². The summed E-state index contributed by atoms with van der Waals surface area (Å²) in [5, 5.41) is 10.8. The molecule has 0 unspecified atom stereocenters. The highest BCUT2D eigenvalue weighted by molar-refractivity contribution is 5.79. The number of benzene rings is 2. The van der Waals surface area contributed by atoms with Crippen LogP contribution in [-0.4, -0.2) is 43.0 Å². The van der Waals surface area contributed by atoms with Gasteiger partial charge in [0.25, 0.3) is 0 Å². The Balaban J connectivity index is 1.81. The number of likely N-dealkylation sites (N-methyl/N-ethyl adjacent to an activating group) is 1. The van der Waals surface area contributed by atoms with Crippen LogP contribution in [0.5, 0.6) is 0 Å². The van der Waals surface area contributed by atoms with Gasteiger partial charge in [-0.2, -0.15) is 0 Å². The Hall–Kier alpha value is -3.13. The van der Waals surface area contributed by atoms with Crippen LogP contribution in [0.2, 0.25) is 0 Å². The lowest BCUT2D eigenvalue weighted by Gasteiger charge is -2.21. The Morgan fingerprint density at radius 1 is 0.964 bits per heavy atom. The van der Waals surface area contributed by atoms with Crippen LogP contribution in [0.15, 0.2) is 58.9 Å². The number of rotatable bonds is 4. The first-order chi connectivity index (χ1) is 13.6. The molecule has 1 amide bonds. The van der Waals surface area contributed by atoms with E-state index in [1.807, 2.05) is 53.5 Å². The van der Waals surface area contributed by atoms with Gasteiger partial charge in [0.15, 0.2) is 0 Å². The van der Waals surface area contributed by atoms with E-state index in [4.69, 9.17) is 0 Å². The van der Waals surface area contributed by atoms with E-state index in [-0.39, 0.29) is 5.91 Å². The maximum atomic E-state index is 12.1. The molecule has 2 aromatic rings. The monoisotopic (exact) mass is 374 g/mol. The highest BCUT2D eigenvalue weighted by Crippen LogP contribution is 2.20. The van der Waals surface area contributed by atoms with E-state index in [9.17, 15) is 4.79 Å². The molecule has 1 saturated heterocycles. The molecule has 1 aliphatic rings. The molecule has 1 fully saturated rings. The molecule has 0 N–H and O–H groups in total. The van der Waals surface area contributed by atoms with Crippen LogP contribution in [0.25, 0.3) is 0 Å². The largest absolute Gasteiger partial charge is 0.349 e. The normalized spacial score (nSPS) is 13.9. The molecule has 1 heterocycles. The summed E-state index contributed by atoms with van der Waals surface area (Å²) < 4.78 is 0. The smallest absolute Gasteiger partial charge is 0.226 e. The van der Waals surface area contributed by atoms with Crippen LogP contribution in [-0.2, 0) is 11.2 Å². The minimum Gasteiger partial charge on any atom is -0.349 e. The summed E-state index contributed by atoms with van der Waals surface area (Å²) in [6.07, 6.45) is 3.95. The maximum Gasteiger partial charge on any atom is 0.226 e. The Morgan fingerprint density at radius 3 is 2.36 bits per heavy atom. The molecule has 0 atom stereocenters. The molecule has 0 aromatic heterocycles. The molecule has 0 bridgehead atoms. The second-order valence-electron chi connectivity index (χ2n) is 7.09. The van der Waals surface area contributed by atoms with Crippen molar-refractivity contribution in [2.24, 2.45) is 10.3 Å². The second-order valence-corrected chi connectivity index (χ2v) is 7.09. The molecule has 144 valence electrons. The highest BCUT2D eigenvalue weighted by Gasteiger charge is 2.09.